The first-order valence-corrected chi connectivity index (χ1v) is 13.7. The van der Waals surface area contributed by atoms with Crippen molar-refractivity contribution in [2.24, 2.45) is 11.8 Å². The van der Waals surface area contributed by atoms with Gasteiger partial charge in [-0.2, -0.15) is 0 Å². The third-order valence-electron chi connectivity index (χ3n) is 7.76. The number of carbonyl (C=O) groups excluding carboxylic acids is 1. The zero-order chi connectivity index (χ0) is 26.8. The molecule has 0 amide bonds. The molecular formula is C33H34IrN3O2-. The molecular weight excluding hydrogens is 663 g/mol. The van der Waals surface area contributed by atoms with Gasteiger partial charge in [-0.15, -0.1) is 23.6 Å². The van der Waals surface area contributed by atoms with Crippen molar-refractivity contribution in [1.29, 1.82) is 0 Å². The normalized spacial score (nSPS) is 12.1. The molecule has 6 aromatic rings. The monoisotopic (exact) mass is 697 g/mol. The molecule has 0 aliphatic rings. The molecule has 0 unspecified atom stereocenters. The minimum Gasteiger partial charge on any atom is -0.512 e. The van der Waals surface area contributed by atoms with E-state index in [-0.39, 0.29) is 43.5 Å². The summed E-state index contributed by atoms with van der Waals surface area (Å²) in [6, 6.07) is 22.1. The first-order valence-electron chi connectivity index (χ1n) is 13.7. The van der Waals surface area contributed by atoms with Crippen LogP contribution in [0.15, 0.2) is 72.6 Å². The predicted molar refractivity (Wildman–Crippen MR) is 157 cm³/mol. The Kier molecular flexibility index (Phi) is 8.99. The fraction of sp³-hybridized carbons (Fsp3) is 0.303. The smallest absolute Gasteiger partial charge is 0.162 e. The molecule has 0 aliphatic heterocycles. The molecule has 203 valence electrons. The number of imidazole rings is 1. The minimum atomic E-state index is 0. The number of allylic oxidation sites excluding steroid dienone is 2. The average molecular weight is 697 g/mol. The molecule has 0 atom stereocenters. The number of para-hydroxylation sites is 1. The standard InChI is InChI=1S/C20H10N3.C13H24O2.Ir/c1-4-12-9-10-17-22-16-8-2-5-14-13-7-3-11-21-18(13)15(6-1)19(12)23(17)20(14)16;1-5-10(6-2)12(14)9-13(15)11(7-3)8-4;/h1-5,7-11H;9-11,14H,5-8H2,1-4H3;/q-1;;/b;12-9-;. The van der Waals surface area contributed by atoms with Crippen molar-refractivity contribution in [2.45, 2.75) is 53.4 Å². The first-order chi connectivity index (χ1) is 18.5. The summed E-state index contributed by atoms with van der Waals surface area (Å²) in [6.45, 7) is 8.07. The number of carbonyl (C=O) groups is 1. The molecule has 5 nitrogen and oxygen atoms in total. The number of aliphatic hydroxyl groups is 1. The van der Waals surface area contributed by atoms with Gasteiger partial charge in [-0.1, -0.05) is 57.3 Å². The van der Waals surface area contributed by atoms with E-state index in [9.17, 15) is 9.90 Å². The molecule has 6 heteroatoms. The van der Waals surface area contributed by atoms with Crippen molar-refractivity contribution in [3.63, 3.8) is 0 Å². The molecule has 2 aromatic carbocycles. The summed E-state index contributed by atoms with van der Waals surface area (Å²) in [5, 5.41) is 14.3. The number of ketones is 1. The molecule has 1 N–H and O–H groups in total. The number of fused-ring (bicyclic) bond motifs is 3. The van der Waals surface area contributed by atoms with Gasteiger partial charge >= 0.3 is 0 Å². The van der Waals surface area contributed by atoms with Gasteiger partial charge in [0.05, 0.1) is 16.8 Å². The molecule has 1 radical (unpaired) electrons. The van der Waals surface area contributed by atoms with Gasteiger partial charge in [-0.25, -0.2) is 4.98 Å². The van der Waals surface area contributed by atoms with Gasteiger partial charge < -0.3 is 14.5 Å². The van der Waals surface area contributed by atoms with Gasteiger partial charge in [0.1, 0.15) is 5.65 Å². The second-order valence-corrected chi connectivity index (χ2v) is 9.87. The third-order valence-corrected chi connectivity index (χ3v) is 7.76. The number of nitrogens with zero attached hydrogens (tertiary/aromatic N) is 3. The summed E-state index contributed by atoms with van der Waals surface area (Å²) in [4.78, 5) is 21.2. The maximum Gasteiger partial charge on any atom is 0.162 e. The van der Waals surface area contributed by atoms with E-state index < -0.39 is 0 Å². The van der Waals surface area contributed by atoms with Gasteiger partial charge in [0.15, 0.2) is 5.78 Å². The van der Waals surface area contributed by atoms with Crippen LogP contribution >= 0.6 is 0 Å². The van der Waals surface area contributed by atoms with E-state index in [2.05, 4.69) is 57.9 Å². The van der Waals surface area contributed by atoms with Crippen LogP contribution < -0.4 is 0 Å². The number of aliphatic hydroxyl groups excluding tert-OH is 1. The summed E-state index contributed by atoms with van der Waals surface area (Å²) in [5.74, 6) is 0.547. The Morgan fingerprint density at radius 2 is 1.64 bits per heavy atom. The minimum absolute atomic E-state index is 0. The van der Waals surface area contributed by atoms with Crippen molar-refractivity contribution in [3.05, 3.63) is 78.7 Å². The Labute approximate surface area is 242 Å². The summed E-state index contributed by atoms with van der Waals surface area (Å²) in [7, 11) is 0. The summed E-state index contributed by atoms with van der Waals surface area (Å²) >= 11 is 0. The molecule has 6 rings (SSSR count). The maximum absolute atomic E-state index is 11.7. The van der Waals surface area contributed by atoms with Crippen molar-refractivity contribution in [2.75, 3.05) is 0 Å². The zero-order valence-electron chi connectivity index (χ0n) is 22.9. The first kappa shape index (κ1) is 28.7. The molecule has 39 heavy (non-hydrogen) atoms. The van der Waals surface area contributed by atoms with Crippen LogP contribution in [0.1, 0.15) is 53.4 Å². The SMILES string of the molecule is CCC(CC)C(=O)/C=C(\O)C(CC)CC.[Ir].[c-]1ccc2ccc3nc4cccc5c6cccnc6c1c2n3c45. The second-order valence-electron chi connectivity index (χ2n) is 9.87. The topological polar surface area (TPSA) is 67.5 Å². The van der Waals surface area contributed by atoms with E-state index in [1.54, 1.807) is 0 Å². The number of rotatable bonds is 7. The van der Waals surface area contributed by atoms with Crippen molar-refractivity contribution in [3.8, 4) is 0 Å². The van der Waals surface area contributed by atoms with Crippen LogP contribution in [0.2, 0.25) is 0 Å². The molecule has 4 aromatic heterocycles. The Hall–Kier alpha value is -3.34. The average Bonchev–Trinajstić information content (AvgIpc) is 3.27. The van der Waals surface area contributed by atoms with Crippen LogP contribution in [0.25, 0.3) is 49.3 Å². The third kappa shape index (κ3) is 5.16. The maximum atomic E-state index is 11.7. The van der Waals surface area contributed by atoms with E-state index >= 15 is 0 Å². The zero-order valence-corrected chi connectivity index (χ0v) is 25.3. The van der Waals surface area contributed by atoms with Crippen LogP contribution in [0.4, 0.5) is 0 Å². The van der Waals surface area contributed by atoms with Gasteiger partial charge in [-0.3, -0.25) is 4.79 Å². The summed E-state index contributed by atoms with van der Waals surface area (Å²) in [6.07, 6.45) is 6.76. The Balaban J connectivity index is 0.000000196. The van der Waals surface area contributed by atoms with Crippen LogP contribution in [0.3, 0.4) is 0 Å². The number of pyridine rings is 2. The predicted octanol–water partition coefficient (Wildman–Crippen LogP) is 8.45. The fourth-order valence-corrected chi connectivity index (χ4v) is 5.53. The molecule has 0 fully saturated rings. The number of hydrogen-bond donors (Lipinski definition) is 1. The largest absolute Gasteiger partial charge is 0.512 e. The Bertz CT molecular complexity index is 1740. The van der Waals surface area contributed by atoms with Crippen LogP contribution in [0.5, 0.6) is 0 Å². The fourth-order valence-electron chi connectivity index (χ4n) is 5.53. The second kappa shape index (κ2) is 12.2. The van der Waals surface area contributed by atoms with Gasteiger partial charge in [0.2, 0.25) is 0 Å². The van der Waals surface area contributed by atoms with E-state index in [1.807, 2.05) is 46.0 Å². The quantitative estimate of drug-likeness (QED) is 0.103. The Morgan fingerprint density at radius 3 is 2.36 bits per heavy atom. The van der Waals surface area contributed by atoms with Gasteiger partial charge in [0.25, 0.3) is 0 Å². The molecule has 0 bridgehead atoms. The van der Waals surface area contributed by atoms with Crippen molar-refractivity contribution >= 4 is 55.0 Å². The molecule has 4 heterocycles. The van der Waals surface area contributed by atoms with E-state index in [0.717, 1.165) is 64.2 Å². The molecule has 0 saturated heterocycles. The van der Waals surface area contributed by atoms with Crippen molar-refractivity contribution < 1.29 is 30.0 Å². The number of hydrogen-bond acceptors (Lipinski definition) is 4. The van der Waals surface area contributed by atoms with E-state index in [0.29, 0.717) is 0 Å². The molecule has 0 spiro atoms. The van der Waals surface area contributed by atoms with Gasteiger partial charge in [-0.05, 0) is 60.3 Å². The van der Waals surface area contributed by atoms with Crippen LogP contribution in [-0.2, 0) is 24.9 Å². The van der Waals surface area contributed by atoms with E-state index in [4.69, 9.17) is 4.98 Å². The van der Waals surface area contributed by atoms with Crippen LogP contribution in [0, 0.1) is 17.9 Å². The van der Waals surface area contributed by atoms with Gasteiger partial charge in [0, 0.05) is 49.6 Å². The number of aromatic nitrogens is 3. The molecule has 0 aliphatic carbocycles. The van der Waals surface area contributed by atoms with Crippen molar-refractivity contribution in [1.82, 2.24) is 14.4 Å². The summed E-state index contributed by atoms with van der Waals surface area (Å²) in [5.41, 5.74) is 5.26. The molecule has 0 saturated carbocycles. The van der Waals surface area contributed by atoms with Crippen LogP contribution in [-0.4, -0.2) is 25.3 Å². The summed E-state index contributed by atoms with van der Waals surface area (Å²) < 4.78 is 2.26. The van der Waals surface area contributed by atoms with E-state index in [1.165, 1.54) is 16.8 Å². The number of benzene rings is 2. The Morgan fingerprint density at radius 1 is 0.923 bits per heavy atom.